The molecule has 1 fully saturated rings. The van der Waals surface area contributed by atoms with Crippen molar-refractivity contribution in [2.45, 2.75) is 38.8 Å². The maximum atomic E-state index is 14.5. The number of nitrogens with zero attached hydrogens (tertiary/aromatic N) is 3. The van der Waals surface area contributed by atoms with Gasteiger partial charge < -0.3 is 24.4 Å². The van der Waals surface area contributed by atoms with Crippen LogP contribution in [0.4, 0.5) is 4.39 Å². The molecule has 1 aliphatic heterocycles. The van der Waals surface area contributed by atoms with Crippen molar-refractivity contribution in [3.8, 4) is 11.5 Å². The van der Waals surface area contributed by atoms with E-state index in [-0.39, 0.29) is 35.8 Å². The largest absolute Gasteiger partial charge is 0.453 e. The molecule has 0 aliphatic carbocycles. The summed E-state index contributed by atoms with van der Waals surface area (Å²) < 4.78 is 31.1. The lowest BCUT2D eigenvalue weighted by molar-refractivity contribution is 0.00990. The third-order valence-electron chi connectivity index (χ3n) is 5.19. The molecular weight excluding hydrogens is 538 g/mol. The Balaban J connectivity index is 0.00000385. The molecule has 2 aromatic rings. The summed E-state index contributed by atoms with van der Waals surface area (Å²) in [5, 5.41) is 3.35. The number of hydrogen-bond donors (Lipinski definition) is 1. The fourth-order valence-electron chi connectivity index (χ4n) is 3.54. The van der Waals surface area contributed by atoms with Crippen LogP contribution < -0.4 is 10.1 Å². The van der Waals surface area contributed by atoms with Crippen LogP contribution in [0.25, 0.3) is 0 Å². The van der Waals surface area contributed by atoms with E-state index in [9.17, 15) is 4.39 Å². The number of rotatable bonds is 10. The van der Waals surface area contributed by atoms with Gasteiger partial charge in [0.05, 0.1) is 18.8 Å². The van der Waals surface area contributed by atoms with Crippen LogP contribution in [0.2, 0.25) is 0 Å². The average molecular weight is 572 g/mol. The summed E-state index contributed by atoms with van der Waals surface area (Å²) in [6.07, 6.45) is 6.33. The van der Waals surface area contributed by atoms with Crippen molar-refractivity contribution in [1.29, 1.82) is 0 Å². The molecule has 0 bridgehead atoms. The van der Waals surface area contributed by atoms with E-state index >= 15 is 0 Å². The van der Waals surface area contributed by atoms with Gasteiger partial charge in [-0.1, -0.05) is 6.07 Å². The number of methoxy groups -OCH3 is 1. The van der Waals surface area contributed by atoms with E-state index in [1.165, 1.54) is 6.07 Å². The summed E-state index contributed by atoms with van der Waals surface area (Å²) in [7, 11) is 1.71. The molecule has 1 aromatic heterocycles. The minimum atomic E-state index is -0.419. The first-order valence-corrected chi connectivity index (χ1v) is 11.2. The zero-order valence-electron chi connectivity index (χ0n) is 19.3. The lowest BCUT2D eigenvalue weighted by Crippen LogP contribution is -2.47. The molecule has 1 aromatic carbocycles. The summed E-state index contributed by atoms with van der Waals surface area (Å²) >= 11 is 0. The second-order valence-corrected chi connectivity index (χ2v) is 7.63. The number of nitrogens with one attached hydrogen (secondary N) is 1. The Hall–Kier alpha value is -1.98. The molecule has 33 heavy (non-hydrogen) atoms. The first-order valence-electron chi connectivity index (χ1n) is 11.2. The first-order chi connectivity index (χ1) is 15.7. The Labute approximate surface area is 212 Å². The molecule has 7 nitrogen and oxygen atoms in total. The molecule has 9 heteroatoms. The van der Waals surface area contributed by atoms with Gasteiger partial charge in [-0.3, -0.25) is 4.98 Å². The number of guanidine groups is 1. The zero-order valence-corrected chi connectivity index (χ0v) is 21.7. The molecule has 0 atom stereocenters. The minimum absolute atomic E-state index is 0. The van der Waals surface area contributed by atoms with Gasteiger partial charge in [0, 0.05) is 46.2 Å². The third kappa shape index (κ3) is 9.05. The summed E-state index contributed by atoms with van der Waals surface area (Å²) in [4.78, 5) is 11.0. The monoisotopic (exact) mass is 572 g/mol. The third-order valence-corrected chi connectivity index (χ3v) is 5.19. The summed E-state index contributed by atoms with van der Waals surface area (Å²) in [5.74, 6) is 1.10. The van der Waals surface area contributed by atoms with Gasteiger partial charge in [0.1, 0.15) is 5.75 Å². The molecule has 1 saturated heterocycles. The van der Waals surface area contributed by atoms with E-state index in [0.29, 0.717) is 12.3 Å². The quantitative estimate of drug-likeness (QED) is 0.194. The molecule has 2 heterocycles. The number of likely N-dealkylation sites (tertiary alicyclic amines) is 1. The van der Waals surface area contributed by atoms with Crippen LogP contribution >= 0.6 is 24.0 Å². The van der Waals surface area contributed by atoms with Crippen molar-refractivity contribution in [1.82, 2.24) is 15.2 Å². The van der Waals surface area contributed by atoms with E-state index in [1.807, 2.05) is 13.0 Å². The van der Waals surface area contributed by atoms with Crippen LogP contribution in [0.1, 0.15) is 31.7 Å². The molecule has 1 aliphatic rings. The predicted octanol–water partition coefficient (Wildman–Crippen LogP) is 4.61. The molecule has 1 N–H and O–H groups in total. The Morgan fingerprint density at radius 2 is 2.06 bits per heavy atom. The van der Waals surface area contributed by atoms with Crippen LogP contribution in [0.15, 0.2) is 47.7 Å². The number of benzene rings is 1. The normalized spacial score (nSPS) is 14.6. The number of aliphatic imine (C=N–C) groups is 1. The van der Waals surface area contributed by atoms with Gasteiger partial charge in [-0.15, -0.1) is 24.0 Å². The summed E-state index contributed by atoms with van der Waals surface area (Å²) in [6, 6.07) is 8.42. The highest BCUT2D eigenvalue weighted by molar-refractivity contribution is 14.0. The van der Waals surface area contributed by atoms with Gasteiger partial charge in [-0.2, -0.15) is 0 Å². The van der Waals surface area contributed by atoms with Gasteiger partial charge in [-0.05, 0) is 56.0 Å². The SMILES string of the molecule is CCNC(=NCc1ccc(Oc2cccnc2)c(F)c1)N1CCC(OCCCOC)CC1.I. The second-order valence-electron chi connectivity index (χ2n) is 7.63. The number of aromatic nitrogens is 1. The molecule has 182 valence electrons. The van der Waals surface area contributed by atoms with Crippen LogP contribution in [0, 0.1) is 5.82 Å². The van der Waals surface area contributed by atoms with Crippen molar-refractivity contribution in [3.63, 3.8) is 0 Å². The van der Waals surface area contributed by atoms with E-state index < -0.39 is 5.82 Å². The van der Waals surface area contributed by atoms with Gasteiger partial charge in [0.2, 0.25) is 0 Å². The van der Waals surface area contributed by atoms with E-state index in [0.717, 1.165) is 63.6 Å². The van der Waals surface area contributed by atoms with Crippen LogP contribution in [0.3, 0.4) is 0 Å². The van der Waals surface area contributed by atoms with Gasteiger partial charge in [-0.25, -0.2) is 9.38 Å². The standard InChI is InChI=1S/C24H33FN4O3.HI/c1-3-27-24(29-12-9-20(10-13-29)31-15-5-14-30-2)28-17-19-7-8-23(22(25)16-19)32-21-6-4-11-26-18-21;/h4,6-8,11,16,18,20H,3,5,9-10,12-15,17H2,1-2H3,(H,27,28);1H. The van der Waals surface area contributed by atoms with Crippen molar-refractivity contribution in [2.75, 3.05) is 40.0 Å². The van der Waals surface area contributed by atoms with Gasteiger partial charge in [0.25, 0.3) is 0 Å². The number of halogens is 2. The minimum Gasteiger partial charge on any atom is -0.453 e. The molecule has 0 spiro atoms. The van der Waals surface area contributed by atoms with Crippen molar-refractivity contribution in [2.24, 2.45) is 4.99 Å². The van der Waals surface area contributed by atoms with Crippen molar-refractivity contribution < 1.29 is 18.6 Å². The van der Waals surface area contributed by atoms with Crippen molar-refractivity contribution >= 4 is 29.9 Å². The maximum Gasteiger partial charge on any atom is 0.194 e. The fraction of sp³-hybridized carbons (Fsp3) is 0.500. The molecule has 0 unspecified atom stereocenters. The Morgan fingerprint density at radius 1 is 1.24 bits per heavy atom. The first kappa shape index (κ1) is 27.3. The molecule has 0 radical (unpaired) electrons. The second kappa shape index (κ2) is 15.0. The highest BCUT2D eigenvalue weighted by Gasteiger charge is 2.21. The van der Waals surface area contributed by atoms with Crippen LogP contribution in [-0.2, 0) is 16.0 Å². The topological polar surface area (TPSA) is 68.2 Å². The van der Waals surface area contributed by atoms with Crippen molar-refractivity contribution in [3.05, 3.63) is 54.1 Å². The van der Waals surface area contributed by atoms with Gasteiger partial charge >= 0.3 is 0 Å². The highest BCUT2D eigenvalue weighted by atomic mass is 127. The van der Waals surface area contributed by atoms with E-state index in [2.05, 4.69) is 15.2 Å². The maximum absolute atomic E-state index is 14.5. The van der Waals surface area contributed by atoms with Crippen LogP contribution in [-0.4, -0.2) is 61.9 Å². The lowest BCUT2D eigenvalue weighted by Gasteiger charge is -2.34. The van der Waals surface area contributed by atoms with Crippen LogP contribution in [0.5, 0.6) is 11.5 Å². The molecule has 0 amide bonds. The molecule has 0 saturated carbocycles. The number of pyridine rings is 1. The molecular formula is C24H34FIN4O3. The Morgan fingerprint density at radius 3 is 2.73 bits per heavy atom. The molecule has 3 rings (SSSR count). The summed E-state index contributed by atoms with van der Waals surface area (Å²) in [5.41, 5.74) is 0.785. The number of hydrogen-bond acceptors (Lipinski definition) is 5. The summed E-state index contributed by atoms with van der Waals surface area (Å²) in [6.45, 7) is 6.44. The van der Waals surface area contributed by atoms with E-state index in [1.54, 1.807) is 37.7 Å². The fourth-order valence-corrected chi connectivity index (χ4v) is 3.54. The number of piperidine rings is 1. The number of ether oxygens (including phenoxy) is 3. The zero-order chi connectivity index (χ0) is 22.6. The predicted molar refractivity (Wildman–Crippen MR) is 138 cm³/mol. The van der Waals surface area contributed by atoms with E-state index in [4.69, 9.17) is 19.2 Å². The Bertz CT molecular complexity index is 849. The highest BCUT2D eigenvalue weighted by Crippen LogP contribution is 2.25. The Kier molecular flexibility index (Phi) is 12.4. The smallest absolute Gasteiger partial charge is 0.194 e. The average Bonchev–Trinajstić information content (AvgIpc) is 2.82. The van der Waals surface area contributed by atoms with Gasteiger partial charge in [0.15, 0.2) is 17.5 Å². The lowest BCUT2D eigenvalue weighted by atomic mass is 10.1.